The second-order valence-corrected chi connectivity index (χ2v) is 19.9. The van der Waals surface area contributed by atoms with Crippen LogP contribution in [0.1, 0.15) is 206 Å². The summed E-state index contributed by atoms with van der Waals surface area (Å²) in [5.41, 5.74) is 0. The third-order valence-corrected chi connectivity index (χ3v) is 11.7. The normalized spacial score (nSPS) is 13.7. The Balaban J connectivity index is 4.12. The maximum absolute atomic E-state index is 12.8. The molecule has 0 aliphatic heterocycles. The molecule has 0 aliphatic rings. The highest BCUT2D eigenvalue weighted by Crippen LogP contribution is 2.14. The van der Waals surface area contributed by atoms with Crippen LogP contribution in [0.2, 0.25) is 0 Å². The van der Waals surface area contributed by atoms with Gasteiger partial charge in [-0.2, -0.15) is 0 Å². The maximum Gasteiger partial charge on any atom is 0.361 e. The van der Waals surface area contributed by atoms with Crippen molar-refractivity contribution in [2.24, 2.45) is 0 Å². The monoisotopic (exact) mass is 1020 g/mol. The van der Waals surface area contributed by atoms with Crippen LogP contribution < -0.4 is 0 Å². The lowest BCUT2D eigenvalue weighted by Gasteiger charge is -2.25. The number of likely N-dealkylation sites (N-methyl/N-ethyl adjacent to an activating group) is 1. The van der Waals surface area contributed by atoms with Gasteiger partial charge in [0.2, 0.25) is 0 Å². The minimum Gasteiger partial charge on any atom is -0.477 e. The zero-order chi connectivity index (χ0) is 53.4. The molecule has 414 valence electrons. The van der Waals surface area contributed by atoms with E-state index in [9.17, 15) is 19.5 Å². The lowest BCUT2D eigenvalue weighted by Crippen LogP contribution is -2.40. The Morgan fingerprint density at radius 3 is 1.16 bits per heavy atom. The first-order valence-electron chi connectivity index (χ1n) is 28.7. The number of nitrogens with zero attached hydrogens (tertiary/aromatic N) is 1. The van der Waals surface area contributed by atoms with E-state index >= 15 is 0 Å². The van der Waals surface area contributed by atoms with Crippen molar-refractivity contribution in [3.8, 4) is 0 Å². The molecule has 0 saturated carbocycles. The zero-order valence-corrected chi connectivity index (χ0v) is 47.0. The van der Waals surface area contributed by atoms with Crippen LogP contribution in [0.5, 0.6) is 0 Å². The lowest BCUT2D eigenvalue weighted by atomic mass is 10.1. The molecule has 2 atom stereocenters. The SMILES string of the molecule is CC/C=C\C/C=C\C/C=C\C/C=C\C/C=C\C/C=C\C/C=C\C/C=C\C/C=C\C/C=C\CCCCCCCCCCC(=O)OC(COC(=O)CCCCCCCCCCC)COC(OCC[N+](C)(C)C)C(=O)O. The van der Waals surface area contributed by atoms with Crippen LogP contribution in [0, 0.1) is 0 Å². The first kappa shape index (κ1) is 68.7. The Labute approximate surface area is 447 Å². The van der Waals surface area contributed by atoms with Crippen LogP contribution >= 0.6 is 0 Å². The van der Waals surface area contributed by atoms with E-state index in [0.29, 0.717) is 23.9 Å². The summed E-state index contributed by atoms with van der Waals surface area (Å²) in [5.74, 6) is -2.03. The number of hydrogen-bond donors (Lipinski definition) is 1. The molecule has 9 nitrogen and oxygen atoms in total. The van der Waals surface area contributed by atoms with Crippen molar-refractivity contribution in [1.29, 1.82) is 0 Å². The molecule has 0 radical (unpaired) electrons. The molecule has 73 heavy (non-hydrogen) atoms. The van der Waals surface area contributed by atoms with Gasteiger partial charge >= 0.3 is 17.9 Å². The average molecular weight is 1020 g/mol. The molecule has 0 aromatic carbocycles. The van der Waals surface area contributed by atoms with Crippen molar-refractivity contribution in [2.75, 3.05) is 47.5 Å². The summed E-state index contributed by atoms with van der Waals surface area (Å²) in [4.78, 5) is 37.2. The summed E-state index contributed by atoms with van der Waals surface area (Å²) >= 11 is 0. The van der Waals surface area contributed by atoms with Gasteiger partial charge in [0.25, 0.3) is 6.29 Å². The van der Waals surface area contributed by atoms with Crippen LogP contribution in [0.4, 0.5) is 0 Å². The van der Waals surface area contributed by atoms with Crippen LogP contribution in [0.15, 0.2) is 122 Å². The number of aliphatic carboxylic acids is 1. The number of carboxylic acid groups (broad SMARTS) is 1. The van der Waals surface area contributed by atoms with Gasteiger partial charge in [0.1, 0.15) is 13.2 Å². The second kappa shape index (κ2) is 54.0. The molecule has 2 unspecified atom stereocenters. The summed E-state index contributed by atoms with van der Waals surface area (Å²) in [6, 6.07) is 0. The van der Waals surface area contributed by atoms with Gasteiger partial charge < -0.3 is 28.5 Å². The molecule has 0 rings (SSSR count). The van der Waals surface area contributed by atoms with Crippen molar-refractivity contribution in [3.63, 3.8) is 0 Å². The Bertz CT molecular complexity index is 1610. The van der Waals surface area contributed by atoms with Gasteiger partial charge in [0.15, 0.2) is 6.10 Å². The fourth-order valence-electron chi connectivity index (χ4n) is 7.33. The molecule has 9 heteroatoms. The summed E-state index contributed by atoms with van der Waals surface area (Å²) in [7, 11) is 5.95. The van der Waals surface area contributed by atoms with Gasteiger partial charge in [-0.05, 0) is 89.9 Å². The highest BCUT2D eigenvalue weighted by molar-refractivity contribution is 5.71. The van der Waals surface area contributed by atoms with E-state index in [1.165, 1.54) is 64.2 Å². The summed E-state index contributed by atoms with van der Waals surface area (Å²) in [6.45, 7) is 4.70. The molecule has 1 N–H and O–H groups in total. The minimum atomic E-state index is -1.52. The van der Waals surface area contributed by atoms with E-state index in [1.54, 1.807) is 0 Å². The molecular weight excluding hydrogens is 911 g/mol. The fourth-order valence-corrected chi connectivity index (χ4v) is 7.33. The number of rotatable bonds is 51. The van der Waals surface area contributed by atoms with Crippen LogP contribution in [0.3, 0.4) is 0 Å². The number of quaternary nitrogens is 1. The van der Waals surface area contributed by atoms with Gasteiger partial charge in [-0.1, -0.05) is 225 Å². The fraction of sp³-hybridized carbons (Fsp3) is 0.641. The van der Waals surface area contributed by atoms with Gasteiger partial charge in [-0.25, -0.2) is 4.79 Å². The summed E-state index contributed by atoms with van der Waals surface area (Å²) in [6.07, 6.45) is 73.0. The Morgan fingerprint density at radius 1 is 0.425 bits per heavy atom. The van der Waals surface area contributed by atoms with E-state index in [1.807, 2.05) is 21.1 Å². The van der Waals surface area contributed by atoms with Crippen molar-refractivity contribution < 1.29 is 42.9 Å². The standard InChI is InChI=1S/C64H105NO8/c1-6-8-10-12-14-16-17-18-19-20-21-22-23-24-25-26-27-28-29-30-31-32-33-34-35-36-37-38-39-40-41-42-43-44-45-47-49-51-53-55-62(67)73-60(59-72-64(63(68)69)70-57-56-65(3,4)5)58-71-61(66)54-52-50-48-46-15-13-11-9-7-2/h8,10,14,16,18-19,21-22,24-25,27-28,30-31,33-34,36-37,39-40,60,64H,6-7,9,11-13,15,17,20,23,26,29,32,35,38,41-59H2,1-5H3/p+1/b10-8-,16-14-,19-18-,22-21-,25-24-,28-27-,31-30-,34-33-,37-36-,40-39-. The first-order valence-corrected chi connectivity index (χ1v) is 28.7. The highest BCUT2D eigenvalue weighted by Gasteiger charge is 2.25. The van der Waals surface area contributed by atoms with E-state index < -0.39 is 24.3 Å². The predicted molar refractivity (Wildman–Crippen MR) is 308 cm³/mol. The molecule has 0 heterocycles. The van der Waals surface area contributed by atoms with Gasteiger partial charge in [-0.15, -0.1) is 0 Å². The van der Waals surface area contributed by atoms with Gasteiger partial charge in [-0.3, -0.25) is 9.59 Å². The van der Waals surface area contributed by atoms with Crippen molar-refractivity contribution in [1.82, 2.24) is 0 Å². The number of ether oxygens (including phenoxy) is 4. The number of carboxylic acids is 1. The summed E-state index contributed by atoms with van der Waals surface area (Å²) < 4.78 is 22.7. The molecule has 0 saturated heterocycles. The Hall–Kier alpha value is -4.31. The largest absolute Gasteiger partial charge is 0.477 e. The van der Waals surface area contributed by atoms with Crippen molar-refractivity contribution >= 4 is 17.9 Å². The van der Waals surface area contributed by atoms with Crippen molar-refractivity contribution in [2.45, 2.75) is 219 Å². The molecule has 0 aromatic rings. The predicted octanol–water partition coefficient (Wildman–Crippen LogP) is 16.9. The van der Waals surface area contributed by atoms with E-state index in [-0.39, 0.29) is 32.2 Å². The first-order chi connectivity index (χ1) is 35.6. The number of esters is 2. The topological polar surface area (TPSA) is 108 Å². The average Bonchev–Trinajstić information content (AvgIpc) is 3.36. The molecule has 0 bridgehead atoms. The third kappa shape index (κ3) is 55.3. The molecule has 0 amide bonds. The zero-order valence-electron chi connectivity index (χ0n) is 47.0. The smallest absolute Gasteiger partial charge is 0.361 e. The molecule has 0 spiro atoms. The van der Waals surface area contributed by atoms with Gasteiger partial charge in [0.05, 0.1) is 34.4 Å². The van der Waals surface area contributed by atoms with E-state index in [4.69, 9.17) is 18.9 Å². The Kier molecular flexibility index (Phi) is 50.8. The second-order valence-electron chi connectivity index (χ2n) is 19.9. The van der Waals surface area contributed by atoms with Crippen molar-refractivity contribution in [3.05, 3.63) is 122 Å². The number of carbonyl (C=O) groups excluding carboxylic acids is 2. The minimum absolute atomic E-state index is 0.181. The van der Waals surface area contributed by atoms with Gasteiger partial charge in [0, 0.05) is 12.8 Å². The molecule has 0 fully saturated rings. The molecule has 0 aromatic heterocycles. The number of carbonyl (C=O) groups is 3. The van der Waals surface area contributed by atoms with E-state index in [0.717, 1.165) is 109 Å². The van der Waals surface area contributed by atoms with Crippen LogP contribution in [0.25, 0.3) is 0 Å². The number of allylic oxidation sites excluding steroid dienone is 20. The van der Waals surface area contributed by atoms with E-state index in [2.05, 4.69) is 135 Å². The summed E-state index contributed by atoms with van der Waals surface area (Å²) in [5, 5.41) is 9.66. The Morgan fingerprint density at radius 2 is 0.781 bits per heavy atom. The highest BCUT2D eigenvalue weighted by atomic mass is 16.7. The molecular formula is C64H106NO8+. The quantitative estimate of drug-likeness (QED) is 0.0211. The van der Waals surface area contributed by atoms with Crippen LogP contribution in [-0.4, -0.2) is 87.4 Å². The number of hydrogen-bond acceptors (Lipinski definition) is 7. The van der Waals surface area contributed by atoms with Crippen LogP contribution in [-0.2, 0) is 33.3 Å². The third-order valence-electron chi connectivity index (χ3n) is 11.7. The number of unbranched alkanes of at least 4 members (excludes halogenated alkanes) is 16. The maximum atomic E-state index is 12.8. The molecule has 0 aliphatic carbocycles. The lowest BCUT2D eigenvalue weighted by molar-refractivity contribution is -0.870.